The van der Waals surface area contributed by atoms with E-state index in [-0.39, 0.29) is 18.9 Å². The molecule has 0 aromatic rings. The Hall–Kier alpha value is -1.73. The van der Waals surface area contributed by atoms with Crippen molar-refractivity contribution in [1.82, 2.24) is 5.32 Å². The number of unbranched alkanes of at least 4 members (excludes halogenated alkanes) is 46. The molecule has 3 aliphatic rings. The Balaban J connectivity index is 1.35. The summed E-state index contributed by atoms with van der Waals surface area (Å²) in [4.78, 5) is 13.5. The Morgan fingerprint density at radius 2 is 0.649 bits per heavy atom. The minimum absolute atomic E-state index is 0.249. The van der Waals surface area contributed by atoms with Crippen molar-refractivity contribution < 1.29 is 89.4 Å². The van der Waals surface area contributed by atoms with Gasteiger partial charge in [0, 0.05) is 6.42 Å². The maximum Gasteiger partial charge on any atom is 0.220 e. The van der Waals surface area contributed by atoms with E-state index in [1.807, 2.05) is 6.08 Å². The number of carbonyl (C=O) groups is 1. The number of allylic oxidation sites excluding steroid dienone is 3. The summed E-state index contributed by atoms with van der Waals surface area (Å²) in [6.07, 6.45) is 44.6. The zero-order valence-electron chi connectivity index (χ0n) is 61.1. The van der Waals surface area contributed by atoms with Gasteiger partial charge in [-0.05, 0) is 44.9 Å². The third kappa shape index (κ3) is 40.2. The van der Waals surface area contributed by atoms with Crippen LogP contribution in [0.2, 0.25) is 0 Å². The zero-order chi connectivity index (χ0) is 70.4. The molecule has 97 heavy (non-hydrogen) atoms. The van der Waals surface area contributed by atoms with Gasteiger partial charge in [-0.3, -0.25) is 4.79 Å². The first kappa shape index (κ1) is 89.5. The summed E-state index contributed by atoms with van der Waals surface area (Å²) in [5.74, 6) is -0.268. The van der Waals surface area contributed by atoms with E-state index >= 15 is 0 Å². The van der Waals surface area contributed by atoms with E-state index in [1.165, 1.54) is 263 Å². The average Bonchev–Trinajstić information content (AvgIpc) is 0.845. The molecule has 12 N–H and O–H groups in total. The van der Waals surface area contributed by atoms with E-state index in [0.29, 0.717) is 6.42 Å². The first-order valence-corrected chi connectivity index (χ1v) is 40.1. The number of hydrogen-bond acceptors (Lipinski definition) is 18. The Bertz CT molecular complexity index is 1850. The van der Waals surface area contributed by atoms with Gasteiger partial charge < -0.3 is 89.9 Å². The molecule has 0 saturated carbocycles. The van der Waals surface area contributed by atoms with Crippen LogP contribution in [-0.2, 0) is 33.2 Å². The van der Waals surface area contributed by atoms with Crippen LogP contribution in [0.3, 0.4) is 0 Å². The Labute approximate surface area is 588 Å². The maximum absolute atomic E-state index is 13.5. The van der Waals surface area contributed by atoms with Crippen LogP contribution in [0.15, 0.2) is 24.3 Å². The second-order valence-corrected chi connectivity index (χ2v) is 28.9. The summed E-state index contributed by atoms with van der Waals surface area (Å²) >= 11 is 0. The Morgan fingerprint density at radius 1 is 0.361 bits per heavy atom. The zero-order valence-corrected chi connectivity index (χ0v) is 61.1. The van der Waals surface area contributed by atoms with Crippen molar-refractivity contribution in [1.29, 1.82) is 0 Å². The summed E-state index contributed by atoms with van der Waals surface area (Å²) < 4.78 is 34.4. The molecular formula is C78H147NO18. The van der Waals surface area contributed by atoms with E-state index in [1.54, 1.807) is 6.08 Å². The quantitative estimate of drug-likeness (QED) is 0.0199. The molecule has 0 aromatic heterocycles. The highest BCUT2D eigenvalue weighted by Gasteiger charge is 2.54. The van der Waals surface area contributed by atoms with Gasteiger partial charge in [-0.2, -0.15) is 0 Å². The lowest BCUT2D eigenvalue weighted by Crippen LogP contribution is -2.66. The van der Waals surface area contributed by atoms with Gasteiger partial charge in [-0.25, -0.2) is 0 Å². The molecule has 0 spiro atoms. The highest BCUT2D eigenvalue weighted by Crippen LogP contribution is 2.33. The van der Waals surface area contributed by atoms with Gasteiger partial charge in [-0.15, -0.1) is 0 Å². The minimum atomic E-state index is -1.98. The van der Waals surface area contributed by atoms with E-state index in [9.17, 15) is 61.0 Å². The van der Waals surface area contributed by atoms with Gasteiger partial charge in [0.2, 0.25) is 5.91 Å². The molecule has 0 aliphatic carbocycles. The number of aliphatic hydroxyl groups is 11. The number of aliphatic hydroxyl groups excluding tert-OH is 11. The number of carbonyl (C=O) groups excluding carboxylic acids is 1. The Kier molecular flexibility index (Phi) is 55.0. The minimum Gasteiger partial charge on any atom is -0.394 e. The van der Waals surface area contributed by atoms with Crippen LogP contribution in [0.5, 0.6) is 0 Å². The van der Waals surface area contributed by atoms with Crippen molar-refractivity contribution in [3.63, 3.8) is 0 Å². The SMILES string of the molecule is CCCCCCCCCC/C=C\CCCCCCCCCCCCCCCCCCCCCCCC(=O)NC(COC1OC(CO)C(OC2OC(CO)C(OC3OC(CO)C(O)C(O)C3O)C(O)C2O)C(O)C1O)C(O)/C=C/CCCCCCCCCCCCCCCCCCC. The van der Waals surface area contributed by atoms with E-state index < -0.39 is 124 Å². The lowest BCUT2D eigenvalue weighted by molar-refractivity contribution is -0.379. The highest BCUT2D eigenvalue weighted by atomic mass is 16.8. The summed E-state index contributed by atoms with van der Waals surface area (Å²) in [6.45, 7) is 1.79. The summed E-state index contributed by atoms with van der Waals surface area (Å²) in [7, 11) is 0. The topological polar surface area (TPSA) is 307 Å². The van der Waals surface area contributed by atoms with Crippen molar-refractivity contribution in [2.45, 2.75) is 439 Å². The molecule has 3 fully saturated rings. The van der Waals surface area contributed by atoms with Gasteiger partial charge in [0.25, 0.3) is 0 Å². The third-order valence-corrected chi connectivity index (χ3v) is 20.2. The molecule has 572 valence electrons. The Morgan fingerprint density at radius 3 is 1.00 bits per heavy atom. The highest BCUT2D eigenvalue weighted by molar-refractivity contribution is 5.76. The first-order chi connectivity index (χ1) is 47.3. The average molecular weight is 1390 g/mol. The van der Waals surface area contributed by atoms with Crippen LogP contribution in [0, 0.1) is 0 Å². The normalized spacial score (nSPS) is 27.0. The molecule has 17 atom stereocenters. The molecule has 0 aromatic carbocycles. The van der Waals surface area contributed by atoms with Gasteiger partial charge in [0.1, 0.15) is 73.2 Å². The fourth-order valence-corrected chi connectivity index (χ4v) is 13.8. The number of rotatable bonds is 64. The molecule has 3 aliphatic heterocycles. The van der Waals surface area contributed by atoms with Crippen molar-refractivity contribution >= 4 is 5.91 Å². The fraction of sp³-hybridized carbons (Fsp3) is 0.936. The van der Waals surface area contributed by atoms with Crippen LogP contribution in [0.4, 0.5) is 0 Å². The smallest absolute Gasteiger partial charge is 0.220 e. The van der Waals surface area contributed by atoms with Crippen molar-refractivity contribution in [3.8, 4) is 0 Å². The van der Waals surface area contributed by atoms with Crippen LogP contribution in [0.1, 0.15) is 335 Å². The van der Waals surface area contributed by atoms with Crippen LogP contribution in [-0.4, -0.2) is 193 Å². The van der Waals surface area contributed by atoms with E-state index in [2.05, 4.69) is 31.3 Å². The van der Waals surface area contributed by atoms with Crippen LogP contribution < -0.4 is 5.32 Å². The number of amides is 1. The summed E-state index contributed by atoms with van der Waals surface area (Å²) in [5, 5.41) is 121. The molecule has 17 unspecified atom stereocenters. The van der Waals surface area contributed by atoms with Gasteiger partial charge >= 0.3 is 0 Å². The standard InChI is InChI=1S/C78H147NO18/c1-3-5-7-9-11-13-15-17-19-21-23-24-25-26-27-28-29-30-31-32-33-34-35-36-38-40-42-44-46-48-50-52-54-56-66(84)79-61(62(83)55-53-51-49-47-45-43-41-39-37-22-20-18-16-14-12-10-8-6-4-2)60-92-76-72(90)69(87)74(64(58-81)94-76)97-78-73(91)70(88)75(65(59-82)95-78)96-77-71(89)68(86)67(85)63(57-80)93-77/h21,23,53,55,61-65,67-78,80-83,85-91H,3-20,22,24-52,54,56-60H2,1-2H3,(H,79,84)/b23-21-,55-53+. The predicted octanol–water partition coefficient (Wildman–Crippen LogP) is 13.0. The first-order valence-electron chi connectivity index (χ1n) is 40.1. The molecule has 3 saturated heterocycles. The van der Waals surface area contributed by atoms with Crippen molar-refractivity contribution in [2.75, 3.05) is 26.4 Å². The summed E-state index contributed by atoms with van der Waals surface area (Å²) in [6, 6.07) is -0.971. The molecule has 19 heteroatoms. The van der Waals surface area contributed by atoms with Crippen LogP contribution >= 0.6 is 0 Å². The molecule has 3 rings (SSSR count). The monoisotopic (exact) mass is 1390 g/mol. The number of nitrogens with one attached hydrogen (secondary N) is 1. The van der Waals surface area contributed by atoms with Crippen molar-refractivity contribution in [3.05, 3.63) is 24.3 Å². The molecule has 0 radical (unpaired) electrons. The largest absolute Gasteiger partial charge is 0.394 e. The number of hydrogen-bond donors (Lipinski definition) is 12. The lowest BCUT2D eigenvalue weighted by atomic mass is 9.96. The second-order valence-electron chi connectivity index (χ2n) is 28.9. The van der Waals surface area contributed by atoms with Gasteiger partial charge in [-0.1, -0.05) is 308 Å². The van der Waals surface area contributed by atoms with Crippen molar-refractivity contribution in [2.24, 2.45) is 0 Å². The third-order valence-electron chi connectivity index (χ3n) is 20.2. The lowest BCUT2D eigenvalue weighted by Gasteiger charge is -2.48. The van der Waals surface area contributed by atoms with E-state index in [4.69, 9.17) is 28.4 Å². The molecule has 1 amide bonds. The molecule has 0 bridgehead atoms. The molecule has 19 nitrogen and oxygen atoms in total. The maximum atomic E-state index is 13.5. The van der Waals surface area contributed by atoms with E-state index in [0.717, 1.165) is 44.9 Å². The molecular weight excluding hydrogens is 1240 g/mol. The second kappa shape index (κ2) is 59.6. The molecule has 3 heterocycles. The van der Waals surface area contributed by atoms with Crippen LogP contribution in [0.25, 0.3) is 0 Å². The predicted molar refractivity (Wildman–Crippen MR) is 383 cm³/mol. The van der Waals surface area contributed by atoms with Gasteiger partial charge in [0.15, 0.2) is 18.9 Å². The summed E-state index contributed by atoms with van der Waals surface area (Å²) in [5.41, 5.74) is 0. The fourth-order valence-electron chi connectivity index (χ4n) is 13.8. The van der Waals surface area contributed by atoms with Gasteiger partial charge in [0.05, 0.1) is 38.6 Å². The number of ether oxygens (including phenoxy) is 6.